The van der Waals surface area contributed by atoms with Gasteiger partial charge < -0.3 is 29.7 Å². The van der Waals surface area contributed by atoms with Crippen LogP contribution in [-0.4, -0.2) is 76.7 Å². The molecule has 3 fully saturated rings. The lowest BCUT2D eigenvalue weighted by molar-refractivity contribution is -0.162. The van der Waals surface area contributed by atoms with Crippen LogP contribution in [0.15, 0.2) is 73.8 Å². The van der Waals surface area contributed by atoms with Gasteiger partial charge in [-0.2, -0.15) is 0 Å². The highest BCUT2D eigenvalue weighted by Crippen LogP contribution is 2.59. The van der Waals surface area contributed by atoms with E-state index >= 15 is 4.79 Å². The van der Waals surface area contributed by atoms with E-state index in [0.29, 0.717) is 42.0 Å². The van der Waals surface area contributed by atoms with E-state index in [-0.39, 0.29) is 31.4 Å². The number of fused-ring (bicyclic) bond motifs is 1. The fraction of sp³-hybridized carbons (Fsp3) is 0.500. The predicted molar refractivity (Wildman–Crippen MR) is 196 cm³/mol. The van der Waals surface area contributed by atoms with Crippen LogP contribution in [0, 0.1) is 24.7 Å². The minimum Gasteiger partial charge on any atom is -0.455 e. The van der Waals surface area contributed by atoms with Crippen molar-refractivity contribution in [3.63, 3.8) is 0 Å². The number of aliphatic hydroxyl groups excluding tert-OH is 1. The molecule has 3 amide bonds. The Morgan fingerprint density at radius 1 is 1.14 bits per heavy atom. The van der Waals surface area contributed by atoms with Crippen molar-refractivity contribution in [1.82, 2.24) is 10.2 Å². The Kier molecular flexibility index (Phi) is 12.1. The van der Waals surface area contributed by atoms with Crippen LogP contribution in [0.2, 0.25) is 5.02 Å². The summed E-state index contributed by atoms with van der Waals surface area (Å²) in [4.78, 5) is 60.0. The van der Waals surface area contributed by atoms with E-state index in [1.165, 1.54) is 9.80 Å². The van der Waals surface area contributed by atoms with Crippen molar-refractivity contribution < 1.29 is 33.8 Å². The van der Waals surface area contributed by atoms with Gasteiger partial charge in [-0.3, -0.25) is 19.2 Å². The van der Waals surface area contributed by atoms with Crippen LogP contribution in [0.25, 0.3) is 0 Å². The fourth-order valence-electron chi connectivity index (χ4n) is 8.33. The van der Waals surface area contributed by atoms with Gasteiger partial charge in [-0.25, -0.2) is 0 Å². The number of rotatable bonds is 16. The van der Waals surface area contributed by atoms with E-state index in [9.17, 15) is 19.5 Å². The number of para-hydroxylation sites is 1. The normalized spacial score (nSPS) is 25.2. The number of aryl methyl sites for hydroxylation is 1. The summed E-state index contributed by atoms with van der Waals surface area (Å²) in [5.74, 6) is -3.62. The Balaban J connectivity index is 1.54. The number of amides is 3. The van der Waals surface area contributed by atoms with Crippen molar-refractivity contribution in [1.29, 1.82) is 0 Å². The van der Waals surface area contributed by atoms with Crippen molar-refractivity contribution in [2.75, 3.05) is 18.1 Å². The van der Waals surface area contributed by atoms with Crippen LogP contribution in [0.3, 0.4) is 0 Å². The first-order valence-electron chi connectivity index (χ1n) is 17.8. The standard InChI is InChI=1S/C40H50ClN3O7/c1-7-9-18-31(46)42-26(6)35(27-15-11-10-12-16-27)50-39(49)32-30-19-20-40(51-30)33(32)37(47)44(28(23-45)22-24(3)4)36(40)38(48)43(21-8-2)34-25(5)14-13-17-29(34)41/h7-8,10-17,24,26,28,30,32-33,35-36,45H,1-2,9,18-23H2,3-6H3,(H,42,46)/t26-,28+,30+,32-,33-,35-,36+,40-/m0/s1. The molecular formula is C40H50ClN3O7. The van der Waals surface area contributed by atoms with Crippen molar-refractivity contribution >= 4 is 41.0 Å². The Labute approximate surface area is 305 Å². The third-order valence-electron chi connectivity index (χ3n) is 10.4. The van der Waals surface area contributed by atoms with Gasteiger partial charge in [0.25, 0.3) is 5.91 Å². The van der Waals surface area contributed by atoms with Gasteiger partial charge >= 0.3 is 5.97 Å². The summed E-state index contributed by atoms with van der Waals surface area (Å²) < 4.78 is 13.0. The summed E-state index contributed by atoms with van der Waals surface area (Å²) in [6.07, 6.45) is 3.72. The maximum absolute atomic E-state index is 15.0. The van der Waals surface area contributed by atoms with E-state index in [1.54, 1.807) is 31.2 Å². The van der Waals surface area contributed by atoms with E-state index in [2.05, 4.69) is 18.5 Å². The molecule has 2 N–H and O–H groups in total. The molecule has 3 aliphatic rings. The highest BCUT2D eigenvalue weighted by Gasteiger charge is 2.76. The van der Waals surface area contributed by atoms with Crippen LogP contribution < -0.4 is 10.2 Å². The van der Waals surface area contributed by atoms with E-state index in [1.807, 2.05) is 57.2 Å². The number of likely N-dealkylation sites (tertiary alicyclic amines) is 1. The molecule has 2 aromatic carbocycles. The fourth-order valence-corrected chi connectivity index (χ4v) is 8.65. The summed E-state index contributed by atoms with van der Waals surface area (Å²) in [6.45, 7) is 14.9. The zero-order chi connectivity index (χ0) is 37.0. The summed E-state index contributed by atoms with van der Waals surface area (Å²) in [7, 11) is 0. The van der Waals surface area contributed by atoms with Gasteiger partial charge in [0.05, 0.1) is 47.3 Å². The molecule has 3 saturated heterocycles. The first-order valence-corrected chi connectivity index (χ1v) is 18.2. The van der Waals surface area contributed by atoms with Gasteiger partial charge in [-0.1, -0.05) is 80.1 Å². The molecular weight excluding hydrogens is 670 g/mol. The predicted octanol–water partition coefficient (Wildman–Crippen LogP) is 5.70. The second-order valence-corrected chi connectivity index (χ2v) is 14.8. The molecule has 5 rings (SSSR count). The number of esters is 1. The molecule has 0 aliphatic carbocycles. The number of carbonyl (C=O) groups is 4. The molecule has 0 saturated carbocycles. The van der Waals surface area contributed by atoms with Gasteiger partial charge in [-0.15, -0.1) is 13.2 Å². The minimum atomic E-state index is -1.34. The monoisotopic (exact) mass is 719 g/mol. The molecule has 0 unspecified atom stereocenters. The molecule has 274 valence electrons. The van der Waals surface area contributed by atoms with Gasteiger partial charge in [0.1, 0.15) is 17.7 Å². The summed E-state index contributed by atoms with van der Waals surface area (Å²) in [5.41, 5.74) is 0.605. The molecule has 3 aliphatic heterocycles. The van der Waals surface area contributed by atoms with Crippen LogP contribution in [0.4, 0.5) is 5.69 Å². The van der Waals surface area contributed by atoms with Crippen LogP contribution in [0.1, 0.15) is 70.1 Å². The number of halogens is 1. The maximum Gasteiger partial charge on any atom is 0.313 e. The second kappa shape index (κ2) is 16.1. The van der Waals surface area contributed by atoms with Crippen molar-refractivity contribution in [3.8, 4) is 0 Å². The van der Waals surface area contributed by atoms with Crippen LogP contribution in [-0.2, 0) is 28.7 Å². The molecule has 10 nitrogen and oxygen atoms in total. The number of carbonyl (C=O) groups excluding carboxylic acids is 4. The zero-order valence-electron chi connectivity index (χ0n) is 29.9. The molecule has 8 atom stereocenters. The topological polar surface area (TPSA) is 125 Å². The third kappa shape index (κ3) is 7.36. The van der Waals surface area contributed by atoms with E-state index < -0.39 is 65.6 Å². The van der Waals surface area contributed by atoms with Gasteiger partial charge in [0.2, 0.25) is 11.8 Å². The molecule has 1 spiro atoms. The summed E-state index contributed by atoms with van der Waals surface area (Å²) in [5, 5.41) is 14.0. The second-order valence-electron chi connectivity index (χ2n) is 14.4. The molecule has 0 radical (unpaired) electrons. The lowest BCUT2D eigenvalue weighted by atomic mass is 9.70. The van der Waals surface area contributed by atoms with Gasteiger partial charge in [0.15, 0.2) is 0 Å². The number of hydrogen-bond acceptors (Lipinski definition) is 7. The Morgan fingerprint density at radius 3 is 2.49 bits per heavy atom. The number of aliphatic hydroxyl groups is 1. The minimum absolute atomic E-state index is 0.0894. The third-order valence-corrected chi connectivity index (χ3v) is 10.7. The Morgan fingerprint density at radius 2 is 1.86 bits per heavy atom. The molecule has 51 heavy (non-hydrogen) atoms. The van der Waals surface area contributed by atoms with Crippen LogP contribution >= 0.6 is 11.6 Å². The molecule has 11 heteroatoms. The molecule has 3 heterocycles. The van der Waals surface area contributed by atoms with Gasteiger partial charge in [-0.05, 0) is 62.6 Å². The number of allylic oxidation sites excluding steroid dienone is 1. The summed E-state index contributed by atoms with van der Waals surface area (Å²) in [6, 6.07) is 12.1. The number of anilines is 1. The SMILES string of the molecule is C=CCCC(=O)N[C@@H](C)[C@H](OC(=O)[C@@H]1[C@H]2C(=O)N([C@@H](CO)CC(C)C)[C@H](C(=O)N(CC=C)c3c(C)cccc3Cl)[C@]23CC[C@H]1O3)c1ccccc1. The Bertz CT molecular complexity index is 1610. The smallest absolute Gasteiger partial charge is 0.313 e. The molecule has 0 aromatic heterocycles. The number of nitrogens with one attached hydrogen (secondary N) is 1. The Hall–Kier alpha value is -3.99. The van der Waals surface area contributed by atoms with Crippen molar-refractivity contribution in [3.05, 3.63) is 90.0 Å². The van der Waals surface area contributed by atoms with E-state index in [0.717, 1.165) is 5.56 Å². The molecule has 2 aromatic rings. The number of nitrogens with zero attached hydrogens (tertiary/aromatic N) is 2. The maximum atomic E-state index is 15.0. The number of hydrogen-bond donors (Lipinski definition) is 2. The van der Waals surface area contributed by atoms with Gasteiger partial charge in [0, 0.05) is 13.0 Å². The van der Waals surface area contributed by atoms with Crippen molar-refractivity contribution in [2.45, 2.75) is 95.7 Å². The number of benzene rings is 2. The average Bonchev–Trinajstić information content (AvgIpc) is 3.75. The first kappa shape index (κ1) is 38.2. The van der Waals surface area contributed by atoms with E-state index in [4.69, 9.17) is 21.1 Å². The summed E-state index contributed by atoms with van der Waals surface area (Å²) >= 11 is 6.70. The lowest BCUT2D eigenvalue weighted by Crippen LogP contribution is -2.59. The lowest BCUT2D eigenvalue weighted by Gasteiger charge is -2.40. The largest absolute Gasteiger partial charge is 0.455 e. The first-order chi connectivity index (χ1) is 24.4. The highest BCUT2D eigenvalue weighted by molar-refractivity contribution is 6.34. The number of ether oxygens (including phenoxy) is 2. The zero-order valence-corrected chi connectivity index (χ0v) is 30.7. The average molecular weight is 720 g/mol. The highest BCUT2D eigenvalue weighted by atomic mass is 35.5. The van der Waals surface area contributed by atoms with Crippen LogP contribution in [0.5, 0.6) is 0 Å². The molecule has 2 bridgehead atoms. The van der Waals surface area contributed by atoms with Crippen molar-refractivity contribution in [2.24, 2.45) is 17.8 Å². The quantitative estimate of drug-likeness (QED) is 0.168.